The zero-order valence-electron chi connectivity index (χ0n) is 10.6. The van der Waals surface area contributed by atoms with Crippen molar-refractivity contribution in [3.8, 4) is 0 Å². The quantitative estimate of drug-likeness (QED) is 0.757. The highest BCUT2D eigenvalue weighted by Gasteiger charge is 2.04. The number of nitrogens with one attached hydrogen (secondary N) is 2. The fraction of sp³-hybridized carbons (Fsp3) is 0.357. The van der Waals surface area contributed by atoms with Gasteiger partial charge in [-0.05, 0) is 44.0 Å². The van der Waals surface area contributed by atoms with E-state index in [2.05, 4.69) is 10.3 Å². The van der Waals surface area contributed by atoms with Crippen molar-refractivity contribution in [3.63, 3.8) is 0 Å². The van der Waals surface area contributed by atoms with Crippen LogP contribution in [-0.4, -0.2) is 16.9 Å². The van der Waals surface area contributed by atoms with Crippen molar-refractivity contribution in [1.29, 1.82) is 0 Å². The van der Waals surface area contributed by atoms with Crippen LogP contribution in [0.1, 0.15) is 26.2 Å². The summed E-state index contributed by atoms with van der Waals surface area (Å²) in [6.07, 6.45) is 4.12. The molecule has 2 rings (SSSR count). The van der Waals surface area contributed by atoms with Gasteiger partial charge in [0.1, 0.15) is 0 Å². The monoisotopic (exact) mass is 245 g/mol. The molecular formula is C14H19N3O. The molecule has 1 amide bonds. The van der Waals surface area contributed by atoms with Gasteiger partial charge in [0, 0.05) is 35.2 Å². The minimum atomic E-state index is 0.0468. The molecule has 0 saturated heterocycles. The summed E-state index contributed by atoms with van der Waals surface area (Å²) in [5, 5.41) is 4.00. The molecule has 0 aliphatic heterocycles. The molecule has 1 heterocycles. The number of aromatic nitrogens is 1. The van der Waals surface area contributed by atoms with Crippen LogP contribution in [0.4, 0.5) is 5.69 Å². The van der Waals surface area contributed by atoms with Gasteiger partial charge in [0.15, 0.2) is 0 Å². The van der Waals surface area contributed by atoms with Crippen LogP contribution in [0.25, 0.3) is 10.9 Å². The summed E-state index contributed by atoms with van der Waals surface area (Å²) in [6.45, 7) is 1.96. The van der Waals surface area contributed by atoms with E-state index in [9.17, 15) is 4.79 Å². The number of aromatic amines is 1. The Balaban J connectivity index is 1.90. The molecule has 1 aromatic carbocycles. The number of H-pyrrole nitrogens is 1. The molecule has 96 valence electrons. The fourth-order valence-electron chi connectivity index (χ4n) is 1.94. The van der Waals surface area contributed by atoms with Crippen molar-refractivity contribution in [2.24, 2.45) is 5.73 Å². The summed E-state index contributed by atoms with van der Waals surface area (Å²) in [5.74, 6) is 0.0468. The smallest absolute Gasteiger partial charge is 0.224 e. The number of amides is 1. The van der Waals surface area contributed by atoms with E-state index in [1.807, 2.05) is 37.4 Å². The standard InChI is InChI=1S/C14H19N3O/c1-10(15)3-2-4-14(18)17-12-5-6-13-11(9-12)7-8-16-13/h5-10,16H,2-4,15H2,1H3,(H,17,18). The van der Waals surface area contributed by atoms with Crippen LogP contribution in [0.2, 0.25) is 0 Å². The zero-order chi connectivity index (χ0) is 13.0. The highest BCUT2D eigenvalue weighted by molar-refractivity contribution is 5.93. The van der Waals surface area contributed by atoms with Crippen LogP contribution in [0.15, 0.2) is 30.5 Å². The Labute approximate surface area is 107 Å². The van der Waals surface area contributed by atoms with Gasteiger partial charge in [-0.1, -0.05) is 0 Å². The van der Waals surface area contributed by atoms with E-state index in [0.717, 1.165) is 29.4 Å². The summed E-state index contributed by atoms with van der Waals surface area (Å²) >= 11 is 0. The SMILES string of the molecule is CC(N)CCCC(=O)Nc1ccc2[nH]ccc2c1. The van der Waals surface area contributed by atoms with E-state index >= 15 is 0 Å². The fourth-order valence-corrected chi connectivity index (χ4v) is 1.94. The molecule has 0 bridgehead atoms. The highest BCUT2D eigenvalue weighted by Crippen LogP contribution is 2.18. The Bertz CT molecular complexity index is 531. The first-order chi connectivity index (χ1) is 8.65. The second kappa shape index (κ2) is 5.69. The maximum absolute atomic E-state index is 11.7. The van der Waals surface area contributed by atoms with Crippen molar-refractivity contribution in [2.45, 2.75) is 32.2 Å². The lowest BCUT2D eigenvalue weighted by Crippen LogP contribution is -2.16. The molecule has 0 saturated carbocycles. The second-order valence-electron chi connectivity index (χ2n) is 4.70. The molecule has 0 spiro atoms. The lowest BCUT2D eigenvalue weighted by atomic mass is 10.1. The van der Waals surface area contributed by atoms with Gasteiger partial charge in [0.2, 0.25) is 5.91 Å². The number of fused-ring (bicyclic) bond motifs is 1. The molecule has 4 nitrogen and oxygen atoms in total. The first-order valence-electron chi connectivity index (χ1n) is 6.28. The molecule has 1 aromatic heterocycles. The van der Waals surface area contributed by atoms with Gasteiger partial charge in [-0.3, -0.25) is 4.79 Å². The predicted molar refractivity (Wildman–Crippen MR) is 74.4 cm³/mol. The number of benzene rings is 1. The van der Waals surface area contributed by atoms with Crippen molar-refractivity contribution in [3.05, 3.63) is 30.5 Å². The van der Waals surface area contributed by atoms with Crippen LogP contribution in [0.3, 0.4) is 0 Å². The van der Waals surface area contributed by atoms with Crippen molar-refractivity contribution in [1.82, 2.24) is 4.98 Å². The molecule has 1 atom stereocenters. The largest absolute Gasteiger partial charge is 0.361 e. The number of carbonyl (C=O) groups is 1. The number of anilines is 1. The highest BCUT2D eigenvalue weighted by atomic mass is 16.1. The topological polar surface area (TPSA) is 70.9 Å². The molecule has 2 aromatic rings. The van der Waals surface area contributed by atoms with Crippen LogP contribution in [0.5, 0.6) is 0 Å². The molecule has 18 heavy (non-hydrogen) atoms. The number of nitrogens with two attached hydrogens (primary N) is 1. The first kappa shape index (κ1) is 12.6. The Morgan fingerprint density at radius 2 is 2.28 bits per heavy atom. The Kier molecular flexibility index (Phi) is 3.99. The first-order valence-corrected chi connectivity index (χ1v) is 6.28. The average Bonchev–Trinajstić information content (AvgIpc) is 2.75. The van der Waals surface area contributed by atoms with Gasteiger partial charge in [0.25, 0.3) is 0 Å². The predicted octanol–water partition coefficient (Wildman–Crippen LogP) is 2.62. The van der Waals surface area contributed by atoms with Gasteiger partial charge in [-0.2, -0.15) is 0 Å². The Morgan fingerprint density at radius 1 is 1.44 bits per heavy atom. The van der Waals surface area contributed by atoms with Gasteiger partial charge >= 0.3 is 0 Å². The van der Waals surface area contributed by atoms with Crippen molar-refractivity contribution in [2.75, 3.05) is 5.32 Å². The molecule has 4 heteroatoms. The van der Waals surface area contributed by atoms with E-state index in [1.165, 1.54) is 0 Å². The van der Waals surface area contributed by atoms with Gasteiger partial charge in [-0.25, -0.2) is 0 Å². The van der Waals surface area contributed by atoms with E-state index < -0.39 is 0 Å². The van der Waals surface area contributed by atoms with E-state index in [-0.39, 0.29) is 11.9 Å². The number of hydrogen-bond donors (Lipinski definition) is 3. The molecule has 0 aliphatic carbocycles. The lowest BCUT2D eigenvalue weighted by Gasteiger charge is -2.06. The van der Waals surface area contributed by atoms with E-state index in [4.69, 9.17) is 5.73 Å². The summed E-state index contributed by atoms with van der Waals surface area (Å²) in [4.78, 5) is 14.8. The molecule has 1 unspecified atom stereocenters. The van der Waals surface area contributed by atoms with E-state index in [1.54, 1.807) is 0 Å². The maximum atomic E-state index is 11.7. The maximum Gasteiger partial charge on any atom is 0.224 e. The molecule has 0 aliphatic rings. The third-order valence-corrected chi connectivity index (χ3v) is 2.90. The minimum absolute atomic E-state index is 0.0468. The van der Waals surface area contributed by atoms with Crippen LogP contribution in [-0.2, 0) is 4.79 Å². The second-order valence-corrected chi connectivity index (χ2v) is 4.70. The van der Waals surface area contributed by atoms with Gasteiger partial charge in [0.05, 0.1) is 0 Å². The number of hydrogen-bond acceptors (Lipinski definition) is 2. The molecule has 4 N–H and O–H groups in total. The molecular weight excluding hydrogens is 226 g/mol. The zero-order valence-corrected chi connectivity index (χ0v) is 10.6. The third kappa shape index (κ3) is 3.34. The molecule has 0 radical (unpaired) electrons. The normalized spacial score (nSPS) is 12.6. The summed E-state index contributed by atoms with van der Waals surface area (Å²) in [7, 11) is 0. The Hall–Kier alpha value is -1.81. The Morgan fingerprint density at radius 3 is 3.06 bits per heavy atom. The summed E-state index contributed by atoms with van der Waals surface area (Å²) < 4.78 is 0. The summed E-state index contributed by atoms with van der Waals surface area (Å²) in [6, 6.07) is 7.99. The summed E-state index contributed by atoms with van der Waals surface area (Å²) in [5.41, 5.74) is 7.56. The van der Waals surface area contributed by atoms with Crippen molar-refractivity contribution >= 4 is 22.5 Å². The van der Waals surface area contributed by atoms with Crippen LogP contribution in [0, 0.1) is 0 Å². The minimum Gasteiger partial charge on any atom is -0.361 e. The van der Waals surface area contributed by atoms with Crippen LogP contribution >= 0.6 is 0 Å². The lowest BCUT2D eigenvalue weighted by molar-refractivity contribution is -0.116. The number of rotatable bonds is 5. The average molecular weight is 245 g/mol. The third-order valence-electron chi connectivity index (χ3n) is 2.90. The van der Waals surface area contributed by atoms with Crippen LogP contribution < -0.4 is 11.1 Å². The molecule has 0 fully saturated rings. The number of carbonyl (C=O) groups excluding carboxylic acids is 1. The van der Waals surface area contributed by atoms with Gasteiger partial charge in [-0.15, -0.1) is 0 Å². The van der Waals surface area contributed by atoms with E-state index in [0.29, 0.717) is 6.42 Å². The van der Waals surface area contributed by atoms with Gasteiger partial charge < -0.3 is 16.0 Å². The van der Waals surface area contributed by atoms with Crippen molar-refractivity contribution < 1.29 is 4.79 Å².